The van der Waals surface area contributed by atoms with Gasteiger partial charge >= 0.3 is 5.97 Å². The van der Waals surface area contributed by atoms with Crippen LogP contribution in [-0.4, -0.2) is 12.6 Å². The van der Waals surface area contributed by atoms with Crippen LogP contribution in [0.3, 0.4) is 0 Å². The first-order valence-corrected chi connectivity index (χ1v) is 8.96. The van der Waals surface area contributed by atoms with Gasteiger partial charge in [-0.2, -0.15) is 0 Å². The van der Waals surface area contributed by atoms with Crippen molar-refractivity contribution in [1.29, 1.82) is 0 Å². The van der Waals surface area contributed by atoms with E-state index >= 15 is 0 Å². The van der Waals surface area contributed by atoms with E-state index in [4.69, 9.17) is 4.74 Å². The van der Waals surface area contributed by atoms with Crippen LogP contribution in [0.25, 0.3) is 0 Å². The molecule has 0 saturated heterocycles. The zero-order valence-electron chi connectivity index (χ0n) is 14.2. The molecule has 0 aromatic heterocycles. The number of fused-ring (bicyclic) bond motifs is 3. The maximum Gasteiger partial charge on any atom is 0.331 e. The molecule has 5 atom stereocenters. The first kappa shape index (κ1) is 14.5. The van der Waals surface area contributed by atoms with Gasteiger partial charge in [0, 0.05) is 6.08 Å². The number of hydrogen-bond donors (Lipinski definition) is 0. The Labute approximate surface area is 134 Å². The minimum atomic E-state index is -0.152. The first-order chi connectivity index (χ1) is 10.4. The van der Waals surface area contributed by atoms with Crippen molar-refractivity contribution in [3.63, 3.8) is 0 Å². The van der Waals surface area contributed by atoms with Gasteiger partial charge in [-0.15, -0.1) is 0 Å². The summed E-state index contributed by atoms with van der Waals surface area (Å²) in [6, 6.07) is 0. The average molecular weight is 300 g/mol. The number of carbonyl (C=O) groups is 1. The fourth-order valence-electron chi connectivity index (χ4n) is 6.11. The van der Waals surface area contributed by atoms with E-state index < -0.39 is 0 Å². The number of esters is 1. The highest BCUT2D eigenvalue weighted by Crippen LogP contribution is 2.72. The number of allylic oxidation sites excluding steroid dienone is 2. The molecule has 1 heterocycles. The SMILES string of the molecule is CC1=CCC2C3(C)CC3CCC2(C)C1CCC1=CC(=O)OC1. The van der Waals surface area contributed by atoms with E-state index in [2.05, 4.69) is 26.8 Å². The van der Waals surface area contributed by atoms with E-state index in [0.29, 0.717) is 23.4 Å². The van der Waals surface area contributed by atoms with E-state index in [-0.39, 0.29) is 5.97 Å². The Morgan fingerprint density at radius 3 is 2.86 bits per heavy atom. The zero-order chi connectivity index (χ0) is 15.5. The van der Waals surface area contributed by atoms with Gasteiger partial charge in [0.05, 0.1) is 0 Å². The molecule has 4 rings (SSSR count). The van der Waals surface area contributed by atoms with Crippen molar-refractivity contribution in [3.05, 3.63) is 23.3 Å². The van der Waals surface area contributed by atoms with E-state index in [1.54, 1.807) is 11.6 Å². The van der Waals surface area contributed by atoms with Crippen molar-refractivity contribution >= 4 is 5.97 Å². The molecular weight excluding hydrogens is 272 g/mol. The smallest absolute Gasteiger partial charge is 0.331 e. The van der Waals surface area contributed by atoms with Gasteiger partial charge < -0.3 is 4.74 Å². The predicted octanol–water partition coefficient (Wildman–Crippen LogP) is 4.66. The molecule has 2 fully saturated rings. The van der Waals surface area contributed by atoms with Crippen LogP contribution in [0.4, 0.5) is 0 Å². The van der Waals surface area contributed by atoms with E-state index in [9.17, 15) is 4.79 Å². The van der Waals surface area contributed by atoms with Gasteiger partial charge in [0.2, 0.25) is 0 Å². The normalized spacial score (nSPS) is 46.3. The van der Waals surface area contributed by atoms with Gasteiger partial charge in [-0.25, -0.2) is 4.79 Å². The molecule has 5 unspecified atom stereocenters. The van der Waals surface area contributed by atoms with Crippen molar-refractivity contribution in [3.8, 4) is 0 Å². The van der Waals surface area contributed by atoms with Crippen LogP contribution in [-0.2, 0) is 9.53 Å². The van der Waals surface area contributed by atoms with Gasteiger partial charge in [0.25, 0.3) is 0 Å². The lowest BCUT2D eigenvalue weighted by atomic mass is 9.52. The molecule has 0 aromatic carbocycles. The van der Waals surface area contributed by atoms with E-state index in [1.165, 1.54) is 37.7 Å². The van der Waals surface area contributed by atoms with Gasteiger partial charge in [0.1, 0.15) is 6.61 Å². The Bertz CT molecular complexity index is 572. The summed E-state index contributed by atoms with van der Waals surface area (Å²) in [5, 5.41) is 0. The predicted molar refractivity (Wildman–Crippen MR) is 87.2 cm³/mol. The van der Waals surface area contributed by atoms with Crippen molar-refractivity contribution < 1.29 is 9.53 Å². The second-order valence-electron chi connectivity index (χ2n) is 8.69. The highest BCUT2D eigenvalue weighted by molar-refractivity contribution is 5.85. The van der Waals surface area contributed by atoms with E-state index in [1.807, 2.05) is 0 Å². The molecule has 4 aliphatic rings. The van der Waals surface area contributed by atoms with Crippen LogP contribution in [0, 0.1) is 28.6 Å². The minimum absolute atomic E-state index is 0.152. The molecule has 22 heavy (non-hydrogen) atoms. The summed E-state index contributed by atoms with van der Waals surface area (Å²) < 4.78 is 5.06. The quantitative estimate of drug-likeness (QED) is 0.560. The molecule has 120 valence electrons. The molecule has 1 aliphatic heterocycles. The maximum atomic E-state index is 11.2. The fraction of sp³-hybridized carbons (Fsp3) is 0.750. The Morgan fingerprint density at radius 2 is 2.14 bits per heavy atom. The summed E-state index contributed by atoms with van der Waals surface area (Å²) in [5.41, 5.74) is 3.86. The van der Waals surface area contributed by atoms with Gasteiger partial charge in [0.15, 0.2) is 0 Å². The van der Waals surface area contributed by atoms with Crippen molar-refractivity contribution in [2.24, 2.45) is 28.6 Å². The van der Waals surface area contributed by atoms with Gasteiger partial charge in [-0.3, -0.25) is 0 Å². The highest BCUT2D eigenvalue weighted by atomic mass is 16.5. The molecule has 0 spiro atoms. The van der Waals surface area contributed by atoms with Crippen LogP contribution in [0.1, 0.15) is 59.3 Å². The molecule has 2 nitrogen and oxygen atoms in total. The lowest BCUT2D eigenvalue weighted by molar-refractivity contribution is -0.134. The highest BCUT2D eigenvalue weighted by Gasteiger charge is 2.64. The molecule has 0 N–H and O–H groups in total. The molecule has 0 aromatic rings. The number of rotatable bonds is 3. The van der Waals surface area contributed by atoms with Crippen LogP contribution in [0.15, 0.2) is 23.3 Å². The zero-order valence-corrected chi connectivity index (χ0v) is 14.2. The third-order valence-electron chi connectivity index (χ3n) is 7.58. The second kappa shape index (κ2) is 4.72. The first-order valence-electron chi connectivity index (χ1n) is 8.96. The third-order valence-corrected chi connectivity index (χ3v) is 7.58. The van der Waals surface area contributed by atoms with E-state index in [0.717, 1.165) is 18.3 Å². The number of ether oxygens (including phenoxy) is 1. The molecule has 0 radical (unpaired) electrons. The van der Waals surface area contributed by atoms with Crippen LogP contribution < -0.4 is 0 Å². The van der Waals surface area contributed by atoms with Crippen molar-refractivity contribution in [2.45, 2.75) is 59.3 Å². The molecule has 3 aliphatic carbocycles. The fourth-order valence-corrected chi connectivity index (χ4v) is 6.11. The summed E-state index contributed by atoms with van der Waals surface area (Å²) in [4.78, 5) is 11.2. The number of hydrogen-bond acceptors (Lipinski definition) is 2. The minimum Gasteiger partial charge on any atom is -0.458 e. The Kier molecular flexibility index (Phi) is 3.12. The number of carbonyl (C=O) groups excluding carboxylic acids is 1. The van der Waals surface area contributed by atoms with Crippen LogP contribution in [0.2, 0.25) is 0 Å². The van der Waals surface area contributed by atoms with Gasteiger partial charge in [-0.1, -0.05) is 25.5 Å². The molecule has 0 amide bonds. The lowest BCUT2D eigenvalue weighted by Gasteiger charge is -2.53. The summed E-state index contributed by atoms with van der Waals surface area (Å²) in [6.45, 7) is 7.95. The summed E-state index contributed by atoms with van der Waals surface area (Å²) >= 11 is 0. The second-order valence-corrected chi connectivity index (χ2v) is 8.69. The molecular formula is C20H28O2. The van der Waals surface area contributed by atoms with Gasteiger partial charge in [-0.05, 0) is 79.6 Å². The lowest BCUT2D eigenvalue weighted by Crippen LogP contribution is -2.45. The largest absolute Gasteiger partial charge is 0.458 e. The standard InChI is InChI=1S/C20H28O2/c1-13-4-7-17-19(2,9-8-15-11-20(15,17)3)16(13)6-5-14-10-18(21)22-12-14/h4,10,15-17H,5-9,11-12H2,1-3H3. The third kappa shape index (κ3) is 2.02. The average Bonchev–Trinajstić information content (AvgIpc) is 2.97. The molecule has 2 saturated carbocycles. The summed E-state index contributed by atoms with van der Waals surface area (Å²) in [7, 11) is 0. The van der Waals surface area contributed by atoms with Crippen molar-refractivity contribution in [2.75, 3.05) is 6.61 Å². The van der Waals surface area contributed by atoms with Crippen LogP contribution in [0.5, 0.6) is 0 Å². The topological polar surface area (TPSA) is 26.3 Å². The number of cyclic esters (lactones) is 1. The Morgan fingerprint density at radius 1 is 1.32 bits per heavy atom. The maximum absolute atomic E-state index is 11.2. The Balaban J connectivity index is 1.55. The Hall–Kier alpha value is -1.05. The summed E-state index contributed by atoms with van der Waals surface area (Å²) in [6.07, 6.45) is 12.0. The molecule has 2 heteroatoms. The monoisotopic (exact) mass is 300 g/mol. The molecule has 0 bridgehead atoms. The van der Waals surface area contributed by atoms with Crippen LogP contribution >= 0.6 is 0 Å². The summed E-state index contributed by atoms with van der Waals surface area (Å²) in [5.74, 6) is 2.40. The van der Waals surface area contributed by atoms with Crippen molar-refractivity contribution in [1.82, 2.24) is 0 Å².